The van der Waals surface area contributed by atoms with E-state index in [9.17, 15) is 4.79 Å². The molecular weight excluding hydrogens is 266 g/mol. The van der Waals surface area contributed by atoms with E-state index < -0.39 is 0 Å². The number of nitrogen functional groups attached to an aromatic ring is 1. The summed E-state index contributed by atoms with van der Waals surface area (Å²) >= 11 is 0. The molecule has 3 rings (SSSR count). The molecule has 0 amide bonds. The van der Waals surface area contributed by atoms with Gasteiger partial charge in [0, 0.05) is 19.6 Å². The number of likely N-dealkylation sites (tertiary alicyclic amines) is 1. The molecule has 1 saturated heterocycles. The summed E-state index contributed by atoms with van der Waals surface area (Å²) in [6.07, 6.45) is 3.77. The lowest BCUT2D eigenvalue weighted by Gasteiger charge is -2.37. The number of anilines is 2. The van der Waals surface area contributed by atoms with Crippen molar-refractivity contribution in [2.75, 3.05) is 37.8 Å². The molecule has 3 N–H and O–H groups in total. The van der Waals surface area contributed by atoms with Crippen LogP contribution in [0.5, 0.6) is 0 Å². The third kappa shape index (κ3) is 2.58. The first kappa shape index (κ1) is 13.9. The van der Waals surface area contributed by atoms with Gasteiger partial charge in [-0.05, 0) is 38.6 Å². The maximum Gasteiger partial charge on any atom is 0.258 e. The molecule has 6 nitrogen and oxygen atoms in total. The third-order valence-electron chi connectivity index (χ3n) is 4.32. The first-order valence-electron chi connectivity index (χ1n) is 7.24. The summed E-state index contributed by atoms with van der Waals surface area (Å²) < 4.78 is 0. The molecule has 1 fully saturated rings. The molecule has 0 spiro atoms. The largest absolute Gasteiger partial charge is 0.397 e. The molecular formula is C15H21N5O. The molecule has 0 bridgehead atoms. The molecule has 0 saturated carbocycles. The van der Waals surface area contributed by atoms with E-state index in [1.807, 2.05) is 6.07 Å². The number of piperidine rings is 1. The van der Waals surface area contributed by atoms with Gasteiger partial charge in [-0.2, -0.15) is 0 Å². The number of H-pyrrole nitrogens is 1. The third-order valence-corrected chi connectivity index (χ3v) is 4.32. The summed E-state index contributed by atoms with van der Waals surface area (Å²) in [4.78, 5) is 23.2. The molecule has 112 valence electrons. The lowest BCUT2D eigenvalue weighted by molar-refractivity contribution is 0.248. The van der Waals surface area contributed by atoms with Gasteiger partial charge < -0.3 is 20.5 Å². The van der Waals surface area contributed by atoms with Crippen LogP contribution in [0.15, 0.2) is 23.3 Å². The van der Waals surface area contributed by atoms with Crippen molar-refractivity contribution in [2.24, 2.45) is 0 Å². The van der Waals surface area contributed by atoms with Crippen LogP contribution in [-0.4, -0.2) is 48.1 Å². The van der Waals surface area contributed by atoms with Gasteiger partial charge in [0.2, 0.25) is 0 Å². The van der Waals surface area contributed by atoms with Crippen molar-refractivity contribution in [2.45, 2.75) is 18.9 Å². The van der Waals surface area contributed by atoms with E-state index in [0.29, 0.717) is 22.6 Å². The highest BCUT2D eigenvalue weighted by Crippen LogP contribution is 2.29. The predicted molar refractivity (Wildman–Crippen MR) is 85.7 cm³/mol. The van der Waals surface area contributed by atoms with E-state index in [1.54, 1.807) is 6.07 Å². The van der Waals surface area contributed by atoms with Crippen molar-refractivity contribution in [3.63, 3.8) is 0 Å². The van der Waals surface area contributed by atoms with Crippen molar-refractivity contribution in [1.29, 1.82) is 0 Å². The second-order valence-electron chi connectivity index (χ2n) is 5.83. The molecule has 2 heterocycles. The van der Waals surface area contributed by atoms with Gasteiger partial charge in [-0.15, -0.1) is 0 Å². The van der Waals surface area contributed by atoms with Crippen molar-refractivity contribution < 1.29 is 0 Å². The number of aromatic amines is 1. The highest BCUT2D eigenvalue weighted by molar-refractivity contribution is 5.88. The van der Waals surface area contributed by atoms with Gasteiger partial charge in [-0.3, -0.25) is 4.79 Å². The Labute approximate surface area is 123 Å². The smallest absolute Gasteiger partial charge is 0.258 e. The first-order valence-corrected chi connectivity index (χ1v) is 7.24. The molecule has 1 aliphatic rings. The minimum absolute atomic E-state index is 0.154. The number of benzene rings is 1. The van der Waals surface area contributed by atoms with Crippen LogP contribution in [-0.2, 0) is 0 Å². The Hall–Kier alpha value is -2.08. The van der Waals surface area contributed by atoms with E-state index in [2.05, 4.69) is 33.9 Å². The number of rotatable bonds is 2. The number of aromatic nitrogens is 2. The predicted octanol–water partition coefficient (Wildman–Crippen LogP) is 1.04. The number of nitrogens with one attached hydrogen (secondary N) is 1. The summed E-state index contributed by atoms with van der Waals surface area (Å²) in [6.45, 7) is 2.17. The first-order chi connectivity index (χ1) is 10.1. The van der Waals surface area contributed by atoms with Gasteiger partial charge in [0.25, 0.3) is 5.56 Å². The number of hydrogen-bond donors (Lipinski definition) is 2. The van der Waals surface area contributed by atoms with Gasteiger partial charge in [-0.25, -0.2) is 4.98 Å². The van der Waals surface area contributed by atoms with E-state index >= 15 is 0 Å². The second-order valence-corrected chi connectivity index (χ2v) is 5.83. The Morgan fingerprint density at radius 2 is 2.29 bits per heavy atom. The van der Waals surface area contributed by atoms with Crippen LogP contribution in [0.1, 0.15) is 12.8 Å². The number of nitrogens with zero attached hydrogens (tertiary/aromatic N) is 3. The molecule has 1 aromatic carbocycles. The summed E-state index contributed by atoms with van der Waals surface area (Å²) in [5.74, 6) is 0. The molecule has 1 aromatic heterocycles. The van der Waals surface area contributed by atoms with Crippen LogP contribution < -0.4 is 16.2 Å². The maximum atomic E-state index is 11.8. The van der Waals surface area contributed by atoms with Crippen molar-refractivity contribution in [3.8, 4) is 0 Å². The average Bonchev–Trinajstić information content (AvgIpc) is 2.47. The van der Waals surface area contributed by atoms with Crippen LogP contribution in [0.2, 0.25) is 0 Å². The summed E-state index contributed by atoms with van der Waals surface area (Å²) in [5, 5.41) is 0.535. The zero-order chi connectivity index (χ0) is 15.0. The number of nitrogens with two attached hydrogens (primary N) is 1. The molecule has 0 aliphatic carbocycles. The van der Waals surface area contributed by atoms with Gasteiger partial charge in [0.05, 0.1) is 28.6 Å². The highest BCUT2D eigenvalue weighted by Gasteiger charge is 2.23. The average molecular weight is 287 g/mol. The molecule has 2 aromatic rings. The maximum absolute atomic E-state index is 11.8. The molecule has 1 unspecified atom stereocenters. The molecule has 0 radical (unpaired) electrons. The van der Waals surface area contributed by atoms with E-state index in [0.717, 1.165) is 25.2 Å². The van der Waals surface area contributed by atoms with E-state index in [4.69, 9.17) is 5.73 Å². The van der Waals surface area contributed by atoms with Crippen molar-refractivity contribution in [3.05, 3.63) is 28.8 Å². The Morgan fingerprint density at radius 3 is 3.05 bits per heavy atom. The normalized spacial score (nSPS) is 19.8. The molecule has 21 heavy (non-hydrogen) atoms. The minimum Gasteiger partial charge on any atom is -0.397 e. The van der Waals surface area contributed by atoms with E-state index in [1.165, 1.54) is 12.7 Å². The van der Waals surface area contributed by atoms with Crippen LogP contribution in [0.3, 0.4) is 0 Å². The lowest BCUT2D eigenvalue weighted by atomic mass is 10.0. The van der Waals surface area contributed by atoms with Gasteiger partial charge in [0.15, 0.2) is 0 Å². The van der Waals surface area contributed by atoms with Crippen molar-refractivity contribution >= 4 is 22.3 Å². The van der Waals surface area contributed by atoms with E-state index in [-0.39, 0.29) is 5.56 Å². The quantitative estimate of drug-likeness (QED) is 0.807. The Kier molecular flexibility index (Phi) is 3.55. The van der Waals surface area contributed by atoms with Crippen LogP contribution >= 0.6 is 0 Å². The van der Waals surface area contributed by atoms with Gasteiger partial charge in [-0.1, -0.05) is 0 Å². The highest BCUT2D eigenvalue weighted by atomic mass is 16.1. The lowest BCUT2D eigenvalue weighted by Crippen LogP contribution is -2.45. The fraction of sp³-hybridized carbons (Fsp3) is 0.467. The fourth-order valence-corrected chi connectivity index (χ4v) is 3.08. The monoisotopic (exact) mass is 287 g/mol. The van der Waals surface area contributed by atoms with Crippen LogP contribution in [0.25, 0.3) is 10.9 Å². The molecule has 1 atom stereocenters. The van der Waals surface area contributed by atoms with Crippen LogP contribution in [0.4, 0.5) is 11.4 Å². The second kappa shape index (κ2) is 5.37. The summed E-state index contributed by atoms with van der Waals surface area (Å²) in [5.41, 5.74) is 8.25. The Bertz CT molecular complexity index is 711. The van der Waals surface area contributed by atoms with Crippen molar-refractivity contribution in [1.82, 2.24) is 14.9 Å². The minimum atomic E-state index is -0.154. The van der Waals surface area contributed by atoms with Gasteiger partial charge in [0.1, 0.15) is 0 Å². The summed E-state index contributed by atoms with van der Waals surface area (Å²) in [6, 6.07) is 4.07. The number of likely N-dealkylation sites (N-methyl/N-ethyl adjacent to an activating group) is 2. The fourth-order valence-electron chi connectivity index (χ4n) is 3.08. The molecule has 6 heteroatoms. The molecule has 1 aliphatic heterocycles. The number of hydrogen-bond acceptors (Lipinski definition) is 5. The SMILES string of the molecule is CN1CCCC(N(C)c2cc3nc[nH]c(=O)c3cc2N)C1. The van der Waals surface area contributed by atoms with Gasteiger partial charge >= 0.3 is 0 Å². The zero-order valence-electron chi connectivity index (χ0n) is 12.5. The standard InChI is InChI=1S/C15H21N5O/c1-19-5-3-4-10(8-19)20(2)14-7-13-11(6-12(14)16)15(21)18-9-17-13/h6-7,9-10H,3-5,8,16H2,1-2H3,(H,17,18,21). The summed E-state index contributed by atoms with van der Waals surface area (Å²) in [7, 11) is 4.21. The Balaban J connectivity index is 1.99. The zero-order valence-corrected chi connectivity index (χ0v) is 12.5. The number of fused-ring (bicyclic) bond motifs is 1. The Morgan fingerprint density at radius 1 is 1.48 bits per heavy atom. The topological polar surface area (TPSA) is 78.2 Å². The van der Waals surface area contributed by atoms with Crippen LogP contribution in [0, 0.1) is 0 Å².